The Morgan fingerprint density at radius 2 is 2.00 bits per heavy atom. The molecule has 1 aromatic carbocycles. The first kappa shape index (κ1) is 18.9. The van der Waals surface area contributed by atoms with Gasteiger partial charge in [0.15, 0.2) is 0 Å². The summed E-state index contributed by atoms with van der Waals surface area (Å²) in [6, 6.07) is 4.94. The van der Waals surface area contributed by atoms with E-state index in [4.69, 9.17) is 9.57 Å². The number of esters is 1. The van der Waals surface area contributed by atoms with E-state index in [-0.39, 0.29) is 24.0 Å². The molecule has 2 fully saturated rings. The summed E-state index contributed by atoms with van der Waals surface area (Å²) < 4.78 is 5.14. The zero-order valence-electron chi connectivity index (χ0n) is 15.8. The predicted octanol–water partition coefficient (Wildman–Crippen LogP) is 2.33. The number of aryl methyl sites for hydroxylation is 1. The maximum atomic E-state index is 12.6. The van der Waals surface area contributed by atoms with Gasteiger partial charge >= 0.3 is 5.97 Å². The van der Waals surface area contributed by atoms with Crippen LogP contribution >= 0.6 is 0 Å². The summed E-state index contributed by atoms with van der Waals surface area (Å²) in [7, 11) is 0. The van der Waals surface area contributed by atoms with E-state index in [0.29, 0.717) is 37.0 Å². The van der Waals surface area contributed by atoms with E-state index in [9.17, 15) is 24.8 Å². The highest BCUT2D eigenvalue weighted by atomic mass is 17.0. The molecule has 0 aromatic heterocycles. The molecular formula is C20H23NO7. The van der Waals surface area contributed by atoms with Gasteiger partial charge in [-0.05, 0) is 60.8 Å². The monoisotopic (exact) mass is 389 g/mol. The van der Waals surface area contributed by atoms with Crippen LogP contribution in [0.3, 0.4) is 0 Å². The number of ketones is 1. The van der Waals surface area contributed by atoms with Gasteiger partial charge in [-0.3, -0.25) is 9.59 Å². The second-order valence-corrected chi connectivity index (χ2v) is 8.39. The number of fused-ring (bicyclic) bond motifs is 5. The van der Waals surface area contributed by atoms with Crippen LogP contribution in [0.1, 0.15) is 50.7 Å². The number of hydrogen-bond donors (Lipinski definition) is 1. The van der Waals surface area contributed by atoms with E-state index < -0.39 is 28.2 Å². The Morgan fingerprint density at radius 3 is 2.68 bits per heavy atom. The lowest BCUT2D eigenvalue weighted by Crippen LogP contribution is -2.61. The summed E-state index contributed by atoms with van der Waals surface area (Å²) in [6.45, 7) is 3.16. The normalized spacial score (nSPS) is 36.1. The summed E-state index contributed by atoms with van der Waals surface area (Å²) >= 11 is 0. The summed E-state index contributed by atoms with van der Waals surface area (Å²) in [5.74, 6) is -0.336. The minimum Gasteiger partial charge on any atom is -0.427 e. The van der Waals surface area contributed by atoms with Crippen LogP contribution in [-0.2, 0) is 26.4 Å². The highest BCUT2D eigenvalue weighted by Crippen LogP contribution is 2.62. The SMILES string of the molecule is CC(=O)Oc1ccc2c(c1)CC[C@H]1[C@@H]3CCC(=O)[C@@]3(C)C[C@H](O[N+](=O)[O-])C21O. The van der Waals surface area contributed by atoms with E-state index in [1.54, 1.807) is 18.2 Å². The summed E-state index contributed by atoms with van der Waals surface area (Å²) in [5, 5.41) is 22.1. The average Bonchev–Trinajstić information content (AvgIpc) is 2.89. The van der Waals surface area contributed by atoms with Crippen LogP contribution in [0.4, 0.5) is 0 Å². The molecule has 5 atom stereocenters. The van der Waals surface area contributed by atoms with Crippen LogP contribution in [-0.4, -0.2) is 28.0 Å². The Hall–Kier alpha value is -2.48. The van der Waals surface area contributed by atoms with Gasteiger partial charge in [0.2, 0.25) is 0 Å². The van der Waals surface area contributed by atoms with Gasteiger partial charge < -0.3 is 14.7 Å². The largest absolute Gasteiger partial charge is 0.427 e. The molecule has 1 N–H and O–H groups in total. The number of hydrogen-bond acceptors (Lipinski definition) is 7. The second kappa shape index (κ2) is 6.27. The molecule has 1 unspecified atom stereocenters. The van der Waals surface area contributed by atoms with Crippen molar-refractivity contribution in [3.63, 3.8) is 0 Å². The van der Waals surface area contributed by atoms with Gasteiger partial charge in [-0.15, -0.1) is 10.1 Å². The van der Waals surface area contributed by atoms with Crippen LogP contribution in [0.5, 0.6) is 5.75 Å². The molecule has 0 saturated heterocycles. The Bertz CT molecular complexity index is 868. The number of Topliss-reactive ketones (excluding diaryl/α,β-unsaturated/α-hetero) is 1. The zero-order valence-corrected chi connectivity index (χ0v) is 15.8. The lowest BCUT2D eigenvalue weighted by atomic mass is 9.52. The van der Waals surface area contributed by atoms with E-state index in [1.807, 2.05) is 6.92 Å². The molecule has 1 aromatic rings. The molecule has 4 rings (SSSR count). The van der Waals surface area contributed by atoms with Crippen molar-refractivity contribution in [3.05, 3.63) is 39.4 Å². The average molecular weight is 389 g/mol. The molecule has 8 heteroatoms. The minimum absolute atomic E-state index is 0.0436. The Morgan fingerprint density at radius 1 is 1.29 bits per heavy atom. The first-order chi connectivity index (χ1) is 13.2. The van der Waals surface area contributed by atoms with E-state index in [0.717, 1.165) is 5.56 Å². The van der Waals surface area contributed by atoms with Crippen molar-refractivity contribution in [3.8, 4) is 5.75 Å². The van der Waals surface area contributed by atoms with Gasteiger partial charge in [-0.25, -0.2) is 0 Å². The van der Waals surface area contributed by atoms with Crippen LogP contribution in [0.25, 0.3) is 0 Å². The highest BCUT2D eigenvalue weighted by Gasteiger charge is 2.65. The number of benzene rings is 1. The maximum absolute atomic E-state index is 12.6. The van der Waals surface area contributed by atoms with Gasteiger partial charge in [0.05, 0.1) is 0 Å². The Balaban J connectivity index is 1.81. The third-order valence-electron chi connectivity index (χ3n) is 7.00. The van der Waals surface area contributed by atoms with Crippen molar-refractivity contribution in [2.45, 2.75) is 57.7 Å². The molecular weight excluding hydrogens is 366 g/mol. The number of nitrogens with zero attached hydrogens (tertiary/aromatic N) is 1. The van der Waals surface area contributed by atoms with Gasteiger partial charge in [0, 0.05) is 18.8 Å². The molecule has 0 amide bonds. The Labute approximate surface area is 161 Å². The van der Waals surface area contributed by atoms with Crippen molar-refractivity contribution in [2.24, 2.45) is 17.3 Å². The van der Waals surface area contributed by atoms with Crippen molar-refractivity contribution in [1.29, 1.82) is 0 Å². The van der Waals surface area contributed by atoms with E-state index in [1.165, 1.54) is 6.92 Å². The zero-order chi connectivity index (χ0) is 20.3. The molecule has 3 aliphatic rings. The first-order valence-electron chi connectivity index (χ1n) is 9.55. The fourth-order valence-electron chi connectivity index (χ4n) is 5.82. The fraction of sp³-hybridized carbons (Fsp3) is 0.600. The third kappa shape index (κ3) is 2.62. The molecule has 0 spiro atoms. The summed E-state index contributed by atoms with van der Waals surface area (Å²) in [6.07, 6.45) is 1.29. The first-order valence-corrected chi connectivity index (χ1v) is 9.55. The Kier molecular flexibility index (Phi) is 4.22. The van der Waals surface area contributed by atoms with Gasteiger partial charge in [-0.1, -0.05) is 13.0 Å². The molecule has 28 heavy (non-hydrogen) atoms. The summed E-state index contributed by atoms with van der Waals surface area (Å²) in [4.78, 5) is 40.0. The van der Waals surface area contributed by atoms with Crippen LogP contribution in [0.15, 0.2) is 18.2 Å². The molecule has 0 radical (unpaired) electrons. The van der Waals surface area contributed by atoms with Crippen molar-refractivity contribution >= 4 is 11.8 Å². The smallest absolute Gasteiger partial charge is 0.308 e. The van der Waals surface area contributed by atoms with Crippen LogP contribution in [0, 0.1) is 27.4 Å². The standard InChI is InChI=1S/C20H23NO7/c1-11(22)27-13-4-6-14-12(9-13)3-5-16-15-7-8-17(23)19(15,2)10-18(20(14,16)24)28-21(25)26/h4,6,9,15-16,18,24H,3,5,7-8,10H2,1-2H3/t15-,16-,18-,19-,20?/m0/s1. The van der Waals surface area contributed by atoms with Crippen molar-refractivity contribution in [2.75, 3.05) is 0 Å². The van der Waals surface area contributed by atoms with Crippen molar-refractivity contribution in [1.82, 2.24) is 0 Å². The molecule has 8 nitrogen and oxygen atoms in total. The number of rotatable bonds is 3. The lowest BCUT2D eigenvalue weighted by Gasteiger charge is -2.55. The van der Waals surface area contributed by atoms with Crippen LogP contribution < -0.4 is 4.74 Å². The van der Waals surface area contributed by atoms with Gasteiger partial charge in [0.1, 0.15) is 23.2 Å². The molecule has 150 valence electrons. The number of ether oxygens (including phenoxy) is 1. The second-order valence-electron chi connectivity index (χ2n) is 8.39. The molecule has 0 bridgehead atoms. The molecule has 0 aliphatic heterocycles. The molecule has 2 saturated carbocycles. The molecule has 0 heterocycles. The number of aliphatic hydroxyl groups is 1. The number of carbonyl (C=O) groups is 2. The fourth-order valence-corrected chi connectivity index (χ4v) is 5.82. The predicted molar refractivity (Wildman–Crippen MR) is 95.8 cm³/mol. The van der Waals surface area contributed by atoms with Gasteiger partial charge in [-0.2, -0.15) is 0 Å². The maximum Gasteiger partial charge on any atom is 0.308 e. The van der Waals surface area contributed by atoms with E-state index in [2.05, 4.69) is 0 Å². The van der Waals surface area contributed by atoms with E-state index >= 15 is 0 Å². The van der Waals surface area contributed by atoms with Crippen molar-refractivity contribution < 1.29 is 29.4 Å². The topological polar surface area (TPSA) is 116 Å². The minimum atomic E-state index is -1.57. The quantitative estimate of drug-likeness (QED) is 0.365. The highest BCUT2D eigenvalue weighted by molar-refractivity contribution is 5.87. The van der Waals surface area contributed by atoms with Gasteiger partial charge in [0.25, 0.3) is 5.09 Å². The lowest BCUT2D eigenvalue weighted by molar-refractivity contribution is -0.775. The number of carbonyl (C=O) groups excluding carboxylic acids is 2. The third-order valence-corrected chi connectivity index (χ3v) is 7.00. The summed E-state index contributed by atoms with van der Waals surface area (Å²) in [5.41, 5.74) is -0.938. The van der Waals surface area contributed by atoms with Crippen LogP contribution in [0.2, 0.25) is 0 Å². The molecule has 3 aliphatic carbocycles.